The van der Waals surface area contributed by atoms with Crippen LogP contribution in [0.15, 0.2) is 66.7 Å². The first-order valence-corrected chi connectivity index (χ1v) is 13.3. The smallest absolute Gasteiger partial charge is 0.299 e. The van der Waals surface area contributed by atoms with Gasteiger partial charge in [-0.3, -0.25) is 24.1 Å². The third kappa shape index (κ3) is 5.25. The number of amides is 3. The fraction of sp³-hybridized carbons (Fsp3) is 0.290. The number of carbonyl (C=O) groups excluding carboxylic acids is 4. The lowest BCUT2D eigenvalue weighted by atomic mass is 9.92. The molecule has 1 N–H and O–H groups in total. The molecule has 1 aliphatic heterocycles. The van der Waals surface area contributed by atoms with E-state index in [1.807, 2.05) is 0 Å². The highest BCUT2D eigenvalue weighted by Gasteiger charge is 2.49. The molecule has 0 aromatic heterocycles. The quantitative estimate of drug-likeness (QED) is 0.391. The number of methoxy groups -OCH3 is 2. The molecule has 3 aromatic rings. The number of rotatable bonds is 9. The van der Waals surface area contributed by atoms with Crippen LogP contribution in [0.4, 0.5) is 15.8 Å². The lowest BCUT2D eigenvalue weighted by Crippen LogP contribution is -2.59. The molecule has 1 heterocycles. The van der Waals surface area contributed by atoms with E-state index in [0.29, 0.717) is 54.1 Å². The summed E-state index contributed by atoms with van der Waals surface area (Å²) in [5.74, 6) is -1.88. The van der Waals surface area contributed by atoms with Crippen LogP contribution < -0.4 is 19.7 Å². The molecule has 0 unspecified atom stereocenters. The summed E-state index contributed by atoms with van der Waals surface area (Å²) in [6.07, 6.45) is 2.16. The summed E-state index contributed by atoms with van der Waals surface area (Å²) in [6.45, 7) is -0.423. The van der Waals surface area contributed by atoms with Crippen LogP contribution in [-0.4, -0.2) is 54.7 Å². The summed E-state index contributed by atoms with van der Waals surface area (Å²) in [4.78, 5) is 56.3. The fourth-order valence-electron chi connectivity index (χ4n) is 5.60. The number of nitrogens with one attached hydrogen (secondary N) is 1. The molecule has 3 amide bonds. The second kappa shape index (κ2) is 11.4. The number of para-hydroxylation sites is 1. The van der Waals surface area contributed by atoms with E-state index in [4.69, 9.17) is 9.47 Å². The van der Waals surface area contributed by atoms with Gasteiger partial charge in [0.2, 0.25) is 11.8 Å². The minimum atomic E-state index is -1.26. The molecule has 1 aliphatic carbocycles. The molecule has 5 rings (SSSR count). The van der Waals surface area contributed by atoms with Gasteiger partial charge in [0.25, 0.3) is 11.7 Å². The Morgan fingerprint density at radius 1 is 0.976 bits per heavy atom. The maximum atomic E-state index is 14.1. The number of fused-ring (bicyclic) bond motifs is 1. The van der Waals surface area contributed by atoms with Crippen LogP contribution in [0.25, 0.3) is 0 Å². The number of hydrogen-bond acceptors (Lipinski definition) is 6. The van der Waals surface area contributed by atoms with Crippen molar-refractivity contribution in [1.29, 1.82) is 0 Å². The van der Waals surface area contributed by atoms with Crippen LogP contribution in [0.1, 0.15) is 41.6 Å². The van der Waals surface area contributed by atoms with Gasteiger partial charge in [0.05, 0.1) is 31.2 Å². The molecule has 0 radical (unpaired) electrons. The first kappa shape index (κ1) is 27.8. The Balaban J connectivity index is 1.50. The van der Waals surface area contributed by atoms with Gasteiger partial charge in [-0.25, -0.2) is 4.39 Å². The molecular weight excluding hydrogens is 529 g/mol. The van der Waals surface area contributed by atoms with Crippen LogP contribution in [0.3, 0.4) is 0 Å². The van der Waals surface area contributed by atoms with Crippen molar-refractivity contribution >= 4 is 34.9 Å². The summed E-state index contributed by atoms with van der Waals surface area (Å²) in [5.41, 5.74) is 0.349. The number of ether oxygens (including phenoxy) is 2. The molecule has 3 aromatic carbocycles. The van der Waals surface area contributed by atoms with Crippen molar-refractivity contribution in [3.63, 3.8) is 0 Å². The van der Waals surface area contributed by atoms with E-state index >= 15 is 0 Å². The third-order valence-corrected chi connectivity index (χ3v) is 7.75. The molecule has 41 heavy (non-hydrogen) atoms. The van der Waals surface area contributed by atoms with Gasteiger partial charge >= 0.3 is 0 Å². The molecule has 0 bridgehead atoms. The Morgan fingerprint density at radius 2 is 1.68 bits per heavy atom. The molecule has 0 atom stereocenters. The zero-order valence-corrected chi connectivity index (χ0v) is 22.8. The topological polar surface area (TPSA) is 105 Å². The minimum Gasteiger partial charge on any atom is -0.497 e. The maximum Gasteiger partial charge on any atom is 0.299 e. The maximum absolute atomic E-state index is 14.1. The van der Waals surface area contributed by atoms with Crippen LogP contribution in [0.2, 0.25) is 0 Å². The lowest BCUT2D eigenvalue weighted by molar-refractivity contribution is -0.145. The van der Waals surface area contributed by atoms with Crippen molar-refractivity contribution in [3.8, 4) is 11.5 Å². The molecule has 9 nitrogen and oxygen atoms in total. The first-order valence-electron chi connectivity index (χ1n) is 13.3. The number of benzene rings is 3. The molecule has 10 heteroatoms. The number of halogens is 1. The third-order valence-electron chi connectivity index (χ3n) is 7.75. The average molecular weight is 560 g/mol. The zero-order valence-electron chi connectivity index (χ0n) is 22.8. The zero-order chi connectivity index (χ0) is 29.1. The van der Waals surface area contributed by atoms with Gasteiger partial charge in [0, 0.05) is 12.6 Å². The standard InChI is InChI=1S/C31H30FN3O6/c1-40-22-13-14-24(26(17-22)41-2)33-30(39)31(15-5-6-16-31)35(18-20-9-11-21(32)12-10-20)27(36)19-34-25-8-4-3-7-23(25)28(37)29(34)38/h3-4,7-14,17H,5-6,15-16,18-19H2,1-2H3,(H,33,39). The highest BCUT2D eigenvalue weighted by molar-refractivity contribution is 6.52. The average Bonchev–Trinajstić information content (AvgIpc) is 3.58. The Hall–Kier alpha value is -4.73. The van der Waals surface area contributed by atoms with E-state index in [1.54, 1.807) is 54.6 Å². The van der Waals surface area contributed by atoms with E-state index < -0.39 is 41.4 Å². The number of ketones is 1. The Labute approximate surface area is 236 Å². The van der Waals surface area contributed by atoms with E-state index in [0.717, 1.165) is 4.90 Å². The van der Waals surface area contributed by atoms with Crippen molar-refractivity contribution in [2.45, 2.75) is 37.8 Å². The summed E-state index contributed by atoms with van der Waals surface area (Å²) in [7, 11) is 3.00. The summed E-state index contributed by atoms with van der Waals surface area (Å²) in [6, 6.07) is 17.2. The van der Waals surface area contributed by atoms with Gasteiger partial charge in [-0.05, 0) is 54.8 Å². The molecular formula is C31H30FN3O6. The Bertz CT molecular complexity index is 1500. The largest absolute Gasteiger partial charge is 0.497 e. The van der Waals surface area contributed by atoms with Crippen LogP contribution in [0.5, 0.6) is 11.5 Å². The predicted molar refractivity (Wildman–Crippen MR) is 149 cm³/mol. The van der Waals surface area contributed by atoms with Gasteiger partial charge in [-0.15, -0.1) is 0 Å². The van der Waals surface area contributed by atoms with Gasteiger partial charge in [0.15, 0.2) is 0 Å². The normalized spacial score (nSPS) is 15.4. The lowest BCUT2D eigenvalue weighted by Gasteiger charge is -2.41. The van der Waals surface area contributed by atoms with E-state index in [9.17, 15) is 23.6 Å². The number of Topliss-reactive ketones (excluding diaryl/α,β-unsaturated/α-hetero) is 1. The van der Waals surface area contributed by atoms with Gasteiger partial charge in [-0.2, -0.15) is 0 Å². The van der Waals surface area contributed by atoms with Gasteiger partial charge in [0.1, 0.15) is 29.4 Å². The van der Waals surface area contributed by atoms with Crippen LogP contribution in [-0.2, 0) is 20.9 Å². The second-order valence-electron chi connectivity index (χ2n) is 10.1. The predicted octanol–water partition coefficient (Wildman–Crippen LogP) is 4.35. The molecule has 1 fully saturated rings. The Morgan fingerprint density at radius 3 is 2.37 bits per heavy atom. The Kier molecular flexibility index (Phi) is 7.74. The summed E-state index contributed by atoms with van der Waals surface area (Å²) in [5, 5.41) is 2.94. The van der Waals surface area contributed by atoms with Gasteiger partial charge < -0.3 is 19.7 Å². The van der Waals surface area contributed by atoms with Crippen molar-refractivity contribution in [2.24, 2.45) is 0 Å². The molecule has 1 saturated carbocycles. The van der Waals surface area contributed by atoms with Crippen LogP contribution in [0, 0.1) is 5.82 Å². The van der Waals surface area contributed by atoms with Crippen molar-refractivity contribution in [2.75, 3.05) is 31.0 Å². The number of hydrogen-bond donors (Lipinski definition) is 1. The number of carbonyl (C=O) groups is 4. The van der Waals surface area contributed by atoms with Crippen LogP contribution >= 0.6 is 0 Å². The summed E-state index contributed by atoms with van der Waals surface area (Å²) < 4.78 is 24.4. The van der Waals surface area contributed by atoms with E-state index in [2.05, 4.69) is 5.32 Å². The fourth-order valence-corrected chi connectivity index (χ4v) is 5.60. The first-order chi connectivity index (χ1) is 19.8. The monoisotopic (exact) mass is 559 g/mol. The highest BCUT2D eigenvalue weighted by atomic mass is 19.1. The van der Waals surface area contributed by atoms with Crippen molar-refractivity contribution in [1.82, 2.24) is 4.90 Å². The number of anilines is 2. The SMILES string of the molecule is COc1ccc(NC(=O)C2(N(Cc3ccc(F)cc3)C(=O)CN3C(=O)C(=O)c4ccccc43)CCCC2)c(OC)c1. The van der Waals surface area contributed by atoms with Crippen molar-refractivity contribution < 1.29 is 33.0 Å². The second-order valence-corrected chi connectivity index (χ2v) is 10.1. The van der Waals surface area contributed by atoms with Gasteiger partial charge in [-0.1, -0.05) is 37.1 Å². The van der Waals surface area contributed by atoms with Crippen molar-refractivity contribution in [3.05, 3.63) is 83.7 Å². The molecule has 212 valence electrons. The van der Waals surface area contributed by atoms with E-state index in [-0.39, 0.29) is 12.1 Å². The highest BCUT2D eigenvalue weighted by Crippen LogP contribution is 2.40. The minimum absolute atomic E-state index is 0.00387. The molecule has 2 aliphatic rings. The molecule has 0 spiro atoms. The number of nitrogens with zero attached hydrogens (tertiary/aromatic N) is 2. The molecule has 0 saturated heterocycles. The summed E-state index contributed by atoms with van der Waals surface area (Å²) >= 11 is 0. The van der Waals surface area contributed by atoms with E-state index in [1.165, 1.54) is 31.3 Å².